The van der Waals surface area contributed by atoms with E-state index in [0.717, 1.165) is 64.7 Å². The smallest absolute Gasteiger partial charge is 0.294 e. The topological polar surface area (TPSA) is 88.7 Å². The first kappa shape index (κ1) is 25.3. The fourth-order valence-electron chi connectivity index (χ4n) is 4.93. The minimum atomic E-state index is -0.332. The van der Waals surface area contributed by atoms with Gasteiger partial charge in [-0.2, -0.15) is 0 Å². The van der Waals surface area contributed by atoms with Crippen molar-refractivity contribution in [1.82, 2.24) is 9.47 Å². The van der Waals surface area contributed by atoms with Crippen molar-refractivity contribution in [1.29, 1.82) is 0 Å². The van der Waals surface area contributed by atoms with Gasteiger partial charge in [-0.25, -0.2) is 0 Å². The second kappa shape index (κ2) is 10.2. The highest BCUT2D eigenvalue weighted by atomic mass is 79.9. The lowest BCUT2D eigenvalue weighted by Gasteiger charge is -2.19. The Hall–Kier alpha value is -3.37. The number of aryl methyl sites for hydroxylation is 1. The summed E-state index contributed by atoms with van der Waals surface area (Å²) in [6.45, 7) is 5.66. The zero-order valence-corrected chi connectivity index (χ0v) is 22.8. The van der Waals surface area contributed by atoms with E-state index in [2.05, 4.69) is 20.8 Å². The molecular formula is C27H25BrN4O4S. The summed E-state index contributed by atoms with van der Waals surface area (Å²) in [5.74, 6) is -0.332. The lowest BCUT2D eigenvalue weighted by Crippen LogP contribution is -2.27. The van der Waals surface area contributed by atoms with Crippen LogP contribution in [0.15, 0.2) is 57.9 Å². The van der Waals surface area contributed by atoms with Gasteiger partial charge in [-0.3, -0.25) is 24.6 Å². The van der Waals surface area contributed by atoms with Crippen LogP contribution in [-0.4, -0.2) is 38.6 Å². The van der Waals surface area contributed by atoms with Gasteiger partial charge in [0, 0.05) is 35.0 Å². The Morgan fingerprint density at radius 2 is 1.81 bits per heavy atom. The van der Waals surface area contributed by atoms with E-state index in [0.29, 0.717) is 16.3 Å². The fourth-order valence-corrected chi connectivity index (χ4v) is 6.17. The number of nitro groups is 1. The summed E-state index contributed by atoms with van der Waals surface area (Å²) in [6, 6.07) is 14.8. The predicted molar refractivity (Wildman–Crippen MR) is 149 cm³/mol. The molecule has 1 aromatic heterocycles. The van der Waals surface area contributed by atoms with Crippen molar-refractivity contribution in [3.8, 4) is 5.69 Å². The number of imide groups is 1. The van der Waals surface area contributed by atoms with Crippen molar-refractivity contribution in [3.63, 3.8) is 0 Å². The quantitative estimate of drug-likeness (QED) is 0.185. The van der Waals surface area contributed by atoms with Crippen molar-refractivity contribution in [2.75, 3.05) is 18.0 Å². The molecule has 2 aromatic carbocycles. The molecule has 0 spiro atoms. The number of nitro benzene ring substituents is 1. The van der Waals surface area contributed by atoms with Crippen molar-refractivity contribution in [2.45, 2.75) is 33.2 Å². The highest BCUT2D eigenvalue weighted by Crippen LogP contribution is 2.37. The van der Waals surface area contributed by atoms with Gasteiger partial charge in [-0.15, -0.1) is 0 Å². The zero-order valence-electron chi connectivity index (χ0n) is 20.4. The lowest BCUT2D eigenvalue weighted by molar-refractivity contribution is -0.384. The molecule has 2 aliphatic rings. The molecule has 8 nitrogen and oxygen atoms in total. The average molecular weight is 581 g/mol. The van der Waals surface area contributed by atoms with Crippen LogP contribution in [-0.2, 0) is 11.3 Å². The number of amides is 2. The molecule has 0 radical (unpaired) electrons. The largest absolute Gasteiger partial charge is 0.366 e. The Bertz CT molecular complexity index is 1460. The molecule has 0 atom stereocenters. The van der Waals surface area contributed by atoms with E-state index in [-0.39, 0.29) is 28.3 Å². The molecule has 0 N–H and O–H groups in total. The monoisotopic (exact) mass is 580 g/mol. The van der Waals surface area contributed by atoms with Crippen LogP contribution in [0.5, 0.6) is 0 Å². The van der Waals surface area contributed by atoms with Crippen molar-refractivity contribution in [2.24, 2.45) is 0 Å². The Balaban J connectivity index is 1.45. The molecule has 2 amide bonds. The van der Waals surface area contributed by atoms with Crippen LogP contribution in [0.3, 0.4) is 0 Å². The zero-order chi connectivity index (χ0) is 26.3. The number of carbonyl (C=O) groups is 2. The first-order chi connectivity index (χ1) is 17.7. The first-order valence-corrected chi connectivity index (χ1v) is 13.6. The number of rotatable bonds is 6. The molecule has 2 fully saturated rings. The van der Waals surface area contributed by atoms with E-state index in [1.54, 1.807) is 12.1 Å². The summed E-state index contributed by atoms with van der Waals surface area (Å²) in [4.78, 5) is 41.0. The van der Waals surface area contributed by atoms with E-state index >= 15 is 0 Å². The van der Waals surface area contributed by atoms with E-state index < -0.39 is 0 Å². The van der Waals surface area contributed by atoms with Gasteiger partial charge < -0.3 is 9.47 Å². The van der Waals surface area contributed by atoms with Crippen molar-refractivity contribution < 1.29 is 14.5 Å². The highest BCUT2D eigenvalue weighted by molar-refractivity contribution is 9.10. The lowest BCUT2D eigenvalue weighted by atomic mass is 10.2. The van der Waals surface area contributed by atoms with Gasteiger partial charge in [0.25, 0.3) is 16.8 Å². The number of benzene rings is 2. The molecule has 0 saturated carbocycles. The van der Waals surface area contributed by atoms with Gasteiger partial charge in [-0.05, 0) is 79.9 Å². The molecule has 0 aliphatic carbocycles. The third kappa shape index (κ3) is 4.83. The molecule has 0 bridgehead atoms. The SMILES string of the molecule is Cc1cc(/C=C2\SC(=O)N(Cc3ccccc3Br)C2=O)c(C)n1-c1ccc(N2CCCC2)c([N+](=O)[O-])c1. The summed E-state index contributed by atoms with van der Waals surface area (Å²) in [5, 5.41) is 11.6. The van der Waals surface area contributed by atoms with Crippen LogP contribution in [0.1, 0.15) is 35.4 Å². The molecular weight excluding hydrogens is 556 g/mol. The number of aromatic nitrogens is 1. The molecule has 190 valence electrons. The number of thioether (sulfide) groups is 1. The standard InChI is InChI=1S/C27H25BrN4O4S/c1-17-13-20(14-25-26(33)30(27(34)37-25)16-19-7-3-4-8-22(19)28)18(2)31(17)21-9-10-23(24(15-21)32(35)36)29-11-5-6-12-29/h3-4,7-10,13-15H,5-6,11-12,16H2,1-2H3/b25-14-. The molecule has 2 saturated heterocycles. The summed E-state index contributed by atoms with van der Waals surface area (Å²) >= 11 is 4.40. The summed E-state index contributed by atoms with van der Waals surface area (Å²) in [7, 11) is 0. The number of halogens is 1. The third-order valence-electron chi connectivity index (χ3n) is 6.78. The minimum Gasteiger partial charge on any atom is -0.366 e. The average Bonchev–Trinajstić information content (AvgIpc) is 3.56. The Kier molecular flexibility index (Phi) is 6.96. The van der Waals surface area contributed by atoms with Gasteiger partial charge in [0.05, 0.1) is 22.1 Å². The summed E-state index contributed by atoms with van der Waals surface area (Å²) < 4.78 is 2.78. The third-order valence-corrected chi connectivity index (χ3v) is 8.46. The van der Waals surface area contributed by atoms with Crippen LogP contribution in [0.4, 0.5) is 16.2 Å². The number of hydrogen-bond acceptors (Lipinski definition) is 6. The first-order valence-electron chi connectivity index (χ1n) is 12.0. The number of nitrogens with zero attached hydrogens (tertiary/aromatic N) is 4. The fraction of sp³-hybridized carbons (Fsp3) is 0.259. The van der Waals surface area contributed by atoms with E-state index in [4.69, 9.17) is 0 Å². The van der Waals surface area contributed by atoms with Gasteiger partial charge >= 0.3 is 0 Å². The maximum atomic E-state index is 13.1. The van der Waals surface area contributed by atoms with Crippen LogP contribution >= 0.6 is 27.7 Å². The number of carbonyl (C=O) groups excluding carboxylic acids is 2. The Morgan fingerprint density at radius 3 is 2.51 bits per heavy atom. The van der Waals surface area contributed by atoms with E-state index in [1.807, 2.05) is 60.9 Å². The normalized spacial score (nSPS) is 16.9. The molecule has 10 heteroatoms. The highest BCUT2D eigenvalue weighted by Gasteiger charge is 2.35. The predicted octanol–water partition coefficient (Wildman–Crippen LogP) is 6.60. The van der Waals surface area contributed by atoms with Crippen LogP contribution in [0.25, 0.3) is 11.8 Å². The molecule has 2 aliphatic heterocycles. The van der Waals surface area contributed by atoms with E-state index in [9.17, 15) is 19.7 Å². The summed E-state index contributed by atoms with van der Waals surface area (Å²) in [6.07, 6.45) is 3.80. The molecule has 3 heterocycles. The Labute approximate surface area is 227 Å². The minimum absolute atomic E-state index is 0.0849. The van der Waals surface area contributed by atoms with Crippen LogP contribution < -0.4 is 4.90 Å². The number of anilines is 1. The molecule has 0 unspecified atom stereocenters. The molecule has 5 rings (SSSR count). The van der Waals surface area contributed by atoms with Crippen LogP contribution in [0.2, 0.25) is 0 Å². The van der Waals surface area contributed by atoms with Crippen LogP contribution in [0, 0.1) is 24.0 Å². The maximum absolute atomic E-state index is 13.1. The van der Waals surface area contributed by atoms with E-state index in [1.165, 1.54) is 4.90 Å². The van der Waals surface area contributed by atoms with Gasteiger partial charge in [-0.1, -0.05) is 34.1 Å². The second-order valence-corrected chi connectivity index (χ2v) is 11.0. The van der Waals surface area contributed by atoms with Gasteiger partial charge in [0.1, 0.15) is 5.69 Å². The summed E-state index contributed by atoms with van der Waals surface area (Å²) in [5.41, 5.74) is 4.76. The van der Waals surface area contributed by atoms with Gasteiger partial charge in [0.15, 0.2) is 0 Å². The van der Waals surface area contributed by atoms with Crippen molar-refractivity contribution >= 4 is 56.3 Å². The number of hydrogen-bond donors (Lipinski definition) is 0. The Morgan fingerprint density at radius 1 is 1.08 bits per heavy atom. The van der Waals surface area contributed by atoms with Gasteiger partial charge in [0.2, 0.25) is 0 Å². The molecule has 37 heavy (non-hydrogen) atoms. The van der Waals surface area contributed by atoms with Crippen molar-refractivity contribution in [3.05, 3.63) is 90.5 Å². The second-order valence-electron chi connectivity index (χ2n) is 9.15. The maximum Gasteiger partial charge on any atom is 0.294 e. The molecule has 3 aromatic rings.